The zero-order valence-electron chi connectivity index (χ0n) is 12.2. The van der Waals surface area contributed by atoms with Crippen LogP contribution in [-0.2, 0) is 11.3 Å². The van der Waals surface area contributed by atoms with Gasteiger partial charge in [0, 0.05) is 32.5 Å². The molecule has 1 N–H and O–H groups in total. The quantitative estimate of drug-likeness (QED) is 0.709. The summed E-state index contributed by atoms with van der Waals surface area (Å²) < 4.78 is 20.8. The maximum atomic E-state index is 14.0. The van der Waals surface area contributed by atoms with E-state index in [2.05, 4.69) is 20.4 Å². The predicted molar refractivity (Wildman–Crippen MR) is 81.5 cm³/mol. The zero-order valence-corrected chi connectivity index (χ0v) is 12.2. The molecule has 3 aromatic rings. The lowest BCUT2D eigenvalue weighted by Crippen LogP contribution is -2.03. The van der Waals surface area contributed by atoms with E-state index in [0.29, 0.717) is 29.1 Å². The third kappa shape index (κ3) is 3.04. The molecule has 0 saturated heterocycles. The van der Waals surface area contributed by atoms with Crippen molar-refractivity contribution >= 4 is 22.5 Å². The Balaban J connectivity index is 1.82. The van der Waals surface area contributed by atoms with Crippen LogP contribution in [0.2, 0.25) is 0 Å². The summed E-state index contributed by atoms with van der Waals surface area (Å²) in [6, 6.07) is 6.58. The molecule has 0 spiro atoms. The van der Waals surface area contributed by atoms with E-state index in [9.17, 15) is 4.39 Å². The average Bonchev–Trinajstić information content (AvgIpc) is 2.95. The molecule has 0 saturated carbocycles. The number of ether oxygens (including phenoxy) is 1. The van der Waals surface area contributed by atoms with E-state index in [1.165, 1.54) is 12.4 Å². The molecule has 0 aliphatic heterocycles. The van der Waals surface area contributed by atoms with Gasteiger partial charge in [0.1, 0.15) is 18.0 Å². The third-order valence-corrected chi connectivity index (χ3v) is 3.23. The molecule has 0 fully saturated rings. The summed E-state index contributed by atoms with van der Waals surface area (Å²) in [5.74, 6) is 0.658. The maximum absolute atomic E-state index is 14.0. The van der Waals surface area contributed by atoms with Crippen LogP contribution in [0.4, 0.5) is 16.0 Å². The molecule has 0 aliphatic carbocycles. The smallest absolute Gasteiger partial charge is 0.153 e. The molecular weight excluding hydrogens is 285 g/mol. The van der Waals surface area contributed by atoms with Gasteiger partial charge in [-0.2, -0.15) is 5.10 Å². The lowest BCUT2D eigenvalue weighted by molar-refractivity contribution is 0.189. The van der Waals surface area contributed by atoms with Gasteiger partial charge >= 0.3 is 0 Å². The Morgan fingerprint density at radius 3 is 3.05 bits per heavy atom. The van der Waals surface area contributed by atoms with Crippen LogP contribution < -0.4 is 5.32 Å². The lowest BCUT2D eigenvalue weighted by Gasteiger charge is -2.06. The number of hydrogen-bond acceptors (Lipinski definition) is 5. The van der Waals surface area contributed by atoms with Crippen LogP contribution in [0.15, 0.2) is 36.8 Å². The average molecular weight is 301 g/mol. The largest absolute Gasteiger partial charge is 0.385 e. The minimum absolute atomic E-state index is 0.360. The number of methoxy groups -OCH3 is 1. The van der Waals surface area contributed by atoms with Gasteiger partial charge in [0.25, 0.3) is 0 Å². The predicted octanol–water partition coefficient (Wildman–Crippen LogP) is 2.75. The van der Waals surface area contributed by atoms with Crippen LogP contribution in [0.5, 0.6) is 0 Å². The zero-order chi connectivity index (χ0) is 15.4. The van der Waals surface area contributed by atoms with Crippen molar-refractivity contribution in [1.82, 2.24) is 19.7 Å². The van der Waals surface area contributed by atoms with Gasteiger partial charge in [0.05, 0.1) is 10.9 Å². The van der Waals surface area contributed by atoms with E-state index >= 15 is 0 Å². The Morgan fingerprint density at radius 2 is 2.18 bits per heavy atom. The first-order chi connectivity index (χ1) is 10.8. The number of anilines is 2. The van der Waals surface area contributed by atoms with Crippen LogP contribution in [-0.4, -0.2) is 33.5 Å². The first-order valence-corrected chi connectivity index (χ1v) is 6.96. The van der Waals surface area contributed by atoms with E-state index < -0.39 is 0 Å². The summed E-state index contributed by atoms with van der Waals surface area (Å²) in [5.41, 5.74) is 0.553. The molecular formula is C15H16FN5O. The molecule has 2 heterocycles. The molecule has 22 heavy (non-hydrogen) atoms. The van der Waals surface area contributed by atoms with Gasteiger partial charge in [0.2, 0.25) is 0 Å². The Hall–Kier alpha value is -2.54. The fraction of sp³-hybridized carbons (Fsp3) is 0.267. The second-order valence-electron chi connectivity index (χ2n) is 4.79. The highest BCUT2D eigenvalue weighted by molar-refractivity contribution is 5.90. The Labute approximate surface area is 127 Å². The highest BCUT2D eigenvalue weighted by atomic mass is 19.1. The summed E-state index contributed by atoms with van der Waals surface area (Å²) >= 11 is 0. The van der Waals surface area contributed by atoms with Crippen molar-refractivity contribution in [2.75, 3.05) is 19.0 Å². The van der Waals surface area contributed by atoms with E-state index in [-0.39, 0.29) is 5.82 Å². The van der Waals surface area contributed by atoms with Crippen LogP contribution in [0, 0.1) is 5.82 Å². The Morgan fingerprint density at radius 1 is 1.27 bits per heavy atom. The summed E-state index contributed by atoms with van der Waals surface area (Å²) in [4.78, 5) is 8.19. The molecule has 6 nitrogen and oxygen atoms in total. The number of hydrogen-bond donors (Lipinski definition) is 1. The van der Waals surface area contributed by atoms with Gasteiger partial charge in [0.15, 0.2) is 5.82 Å². The first-order valence-electron chi connectivity index (χ1n) is 6.96. The molecule has 0 unspecified atom stereocenters. The van der Waals surface area contributed by atoms with Crippen LogP contribution in [0.25, 0.3) is 10.9 Å². The summed E-state index contributed by atoms with van der Waals surface area (Å²) in [7, 11) is 1.67. The van der Waals surface area contributed by atoms with E-state index in [1.54, 1.807) is 23.9 Å². The molecule has 0 atom stereocenters. The molecule has 0 radical (unpaired) electrons. The fourth-order valence-electron chi connectivity index (χ4n) is 2.21. The number of rotatable bonds is 6. The van der Waals surface area contributed by atoms with Crippen molar-refractivity contribution in [2.45, 2.75) is 13.0 Å². The van der Waals surface area contributed by atoms with Crippen LogP contribution >= 0.6 is 0 Å². The van der Waals surface area contributed by atoms with Crippen LogP contribution in [0.1, 0.15) is 6.42 Å². The molecule has 1 aromatic carbocycles. The number of nitrogens with one attached hydrogen (secondary N) is 1. The second kappa shape index (κ2) is 6.48. The van der Waals surface area contributed by atoms with Crippen LogP contribution in [0.3, 0.4) is 0 Å². The van der Waals surface area contributed by atoms with E-state index in [0.717, 1.165) is 13.0 Å². The van der Waals surface area contributed by atoms with Gasteiger partial charge in [-0.25, -0.2) is 14.4 Å². The number of fused-ring (bicyclic) bond motifs is 1. The highest BCUT2D eigenvalue weighted by Crippen LogP contribution is 2.24. The van der Waals surface area contributed by atoms with E-state index in [1.807, 2.05) is 12.3 Å². The second-order valence-corrected chi connectivity index (χ2v) is 4.79. The number of benzene rings is 1. The molecule has 0 amide bonds. The molecule has 3 rings (SSSR count). The topological polar surface area (TPSA) is 64.9 Å². The van der Waals surface area contributed by atoms with Crippen molar-refractivity contribution < 1.29 is 9.13 Å². The lowest BCUT2D eigenvalue weighted by atomic mass is 10.2. The number of halogens is 1. The standard InChI is InChI=1S/C15H16FN5O/c1-22-9-3-7-21-8-6-13(20-21)19-15-14-11(16)4-2-5-12(14)17-10-18-15/h2,4-6,8,10H,3,7,9H2,1H3,(H,17,18,19,20). The molecule has 2 aromatic heterocycles. The molecule has 7 heteroatoms. The number of nitrogens with zero attached hydrogens (tertiary/aromatic N) is 4. The summed E-state index contributed by atoms with van der Waals surface area (Å²) in [6.07, 6.45) is 4.14. The molecule has 0 aliphatic rings. The third-order valence-electron chi connectivity index (χ3n) is 3.23. The highest BCUT2D eigenvalue weighted by Gasteiger charge is 2.10. The van der Waals surface area contributed by atoms with Gasteiger partial charge in [-0.05, 0) is 18.6 Å². The van der Waals surface area contributed by atoms with Gasteiger partial charge in [-0.1, -0.05) is 6.07 Å². The monoisotopic (exact) mass is 301 g/mol. The van der Waals surface area contributed by atoms with Crippen molar-refractivity contribution in [3.05, 3.63) is 42.6 Å². The first kappa shape index (κ1) is 14.4. The van der Waals surface area contributed by atoms with Crippen molar-refractivity contribution in [3.63, 3.8) is 0 Å². The minimum Gasteiger partial charge on any atom is -0.385 e. The molecule has 0 bridgehead atoms. The van der Waals surface area contributed by atoms with Gasteiger partial charge < -0.3 is 10.1 Å². The SMILES string of the molecule is COCCCn1ccc(Nc2ncnc3cccc(F)c23)n1. The summed E-state index contributed by atoms with van der Waals surface area (Å²) in [6.45, 7) is 1.44. The van der Waals surface area contributed by atoms with Gasteiger partial charge in [-0.3, -0.25) is 4.68 Å². The Kier molecular flexibility index (Phi) is 4.24. The van der Waals surface area contributed by atoms with E-state index in [4.69, 9.17) is 4.74 Å². The summed E-state index contributed by atoms with van der Waals surface area (Å²) in [5, 5.41) is 7.79. The fourth-order valence-corrected chi connectivity index (χ4v) is 2.21. The maximum Gasteiger partial charge on any atom is 0.153 e. The normalized spacial score (nSPS) is 11.0. The van der Waals surface area contributed by atoms with Gasteiger partial charge in [-0.15, -0.1) is 0 Å². The van der Waals surface area contributed by atoms with Crippen molar-refractivity contribution in [3.8, 4) is 0 Å². The molecule has 114 valence electrons. The van der Waals surface area contributed by atoms with Crippen molar-refractivity contribution in [1.29, 1.82) is 0 Å². The number of aryl methyl sites for hydroxylation is 1. The minimum atomic E-state index is -0.361. The number of aromatic nitrogens is 4. The Bertz CT molecular complexity index is 768. The van der Waals surface area contributed by atoms with Crippen molar-refractivity contribution in [2.24, 2.45) is 0 Å².